The molecule has 0 spiro atoms. The van der Waals surface area contributed by atoms with E-state index in [1.807, 2.05) is 206 Å². The van der Waals surface area contributed by atoms with Crippen LogP contribution in [0.25, 0.3) is 0 Å². The summed E-state index contributed by atoms with van der Waals surface area (Å²) in [5.41, 5.74) is 10.7. The van der Waals surface area contributed by atoms with Crippen molar-refractivity contribution in [3.8, 4) is 57.5 Å². The van der Waals surface area contributed by atoms with Gasteiger partial charge in [0, 0.05) is 61.1 Å². The van der Waals surface area contributed by atoms with Crippen molar-refractivity contribution < 1.29 is 89.8 Å². The third-order valence-corrected chi connectivity index (χ3v) is 19.4. The van der Waals surface area contributed by atoms with Crippen molar-refractivity contribution in [1.82, 2.24) is 5.48 Å². The Balaban J connectivity index is 0.000000129. The highest BCUT2D eigenvalue weighted by molar-refractivity contribution is 8.24. The fourth-order valence-corrected chi connectivity index (χ4v) is 13.5. The largest absolute Gasteiger partial charge is 0.491 e. The molecule has 2 amide bonds. The predicted molar refractivity (Wildman–Crippen MR) is 473 cm³/mol. The van der Waals surface area contributed by atoms with Crippen molar-refractivity contribution in [2.24, 2.45) is 4.99 Å². The van der Waals surface area contributed by atoms with Crippen LogP contribution in [-0.4, -0.2) is 65.6 Å². The summed E-state index contributed by atoms with van der Waals surface area (Å²) in [4.78, 5) is 60.6. The number of para-hydroxylation sites is 15. The van der Waals surface area contributed by atoms with E-state index in [1.54, 1.807) is 60.7 Å². The Bertz CT molecular complexity index is 6430. The van der Waals surface area contributed by atoms with Crippen molar-refractivity contribution >= 4 is 128 Å². The molecule has 5 aliphatic rings. The van der Waals surface area contributed by atoms with Gasteiger partial charge in [0.1, 0.15) is 75.8 Å². The number of hydrogen-bond donors (Lipinski definition) is 8. The van der Waals surface area contributed by atoms with E-state index in [2.05, 4.69) is 64.7 Å². The number of ether oxygens (including phenoxy) is 6. The number of aliphatic imine (C=N–C) groups is 1. The summed E-state index contributed by atoms with van der Waals surface area (Å²) in [5, 5.41) is 35.4. The molecule has 628 valence electrons. The van der Waals surface area contributed by atoms with Crippen LogP contribution in [0, 0.1) is 23.3 Å². The zero-order chi connectivity index (χ0) is 88.3. The lowest BCUT2D eigenvalue weighted by Gasteiger charge is -2.20. The number of halogens is 8. The molecule has 5 heterocycles. The number of carbonyl (C=O) groups is 5. The van der Waals surface area contributed by atoms with E-state index in [0.29, 0.717) is 103 Å². The van der Waals surface area contributed by atoms with Gasteiger partial charge >= 0.3 is 18.3 Å². The predicted octanol–water partition coefficient (Wildman–Crippen LogP) is 23.4. The smallest absolute Gasteiger partial charge is 0.465 e. The number of rotatable bonds is 8. The number of nitrogens with one attached hydrogen (secondary N) is 5. The molecule has 0 saturated carbocycles. The average molecular weight is 1780 g/mol. The summed E-state index contributed by atoms with van der Waals surface area (Å²) in [5.74, 6) is 2.88. The number of alkyl halides is 1. The maximum atomic E-state index is 14.8. The van der Waals surface area contributed by atoms with Gasteiger partial charge in [-0.1, -0.05) is 181 Å². The van der Waals surface area contributed by atoms with Gasteiger partial charge < -0.3 is 59.7 Å². The first kappa shape index (κ1) is 88.7. The number of benzene rings is 14. The molecule has 0 radical (unpaired) electrons. The van der Waals surface area contributed by atoms with Crippen LogP contribution < -0.4 is 55.9 Å². The molecule has 0 fully saturated rings. The van der Waals surface area contributed by atoms with Crippen LogP contribution in [0.4, 0.5) is 46.0 Å². The molecule has 0 saturated heterocycles. The summed E-state index contributed by atoms with van der Waals surface area (Å²) < 4.78 is 101. The molecule has 14 aromatic rings. The number of fused-ring (bicyclic) bond motifs is 10. The number of esters is 1. The molecule has 21 nitrogen and oxygen atoms in total. The number of anilines is 4. The minimum absolute atomic E-state index is 0.00732. The van der Waals surface area contributed by atoms with Crippen LogP contribution in [0.2, 0.25) is 0 Å². The van der Waals surface area contributed by atoms with E-state index in [-0.39, 0.29) is 39.1 Å². The van der Waals surface area contributed by atoms with Crippen LogP contribution >= 0.6 is 50.5 Å². The number of amides is 2. The molecule has 8 N–H and O–H groups in total. The number of hydrogen-bond acceptors (Lipinski definition) is 19. The number of carbonyl (C=O) groups excluding carboxylic acids is 5. The lowest BCUT2D eigenvalue weighted by molar-refractivity contribution is 0.0599. The van der Waals surface area contributed by atoms with E-state index in [4.69, 9.17) is 50.5 Å². The van der Waals surface area contributed by atoms with Crippen molar-refractivity contribution in [3.05, 3.63) is 405 Å². The summed E-state index contributed by atoms with van der Waals surface area (Å²) >= 11 is 20.1. The minimum Gasteiger partial charge on any atom is -0.465 e. The lowest BCUT2D eigenvalue weighted by atomic mass is 9.79. The number of methoxy groups -OCH3 is 1. The zero-order valence-electron chi connectivity index (χ0n) is 65.1. The van der Waals surface area contributed by atoms with E-state index in [1.165, 1.54) is 42.9 Å². The van der Waals surface area contributed by atoms with Crippen LogP contribution in [0.3, 0.4) is 0 Å². The molecule has 125 heavy (non-hydrogen) atoms. The fraction of sp³-hybridized carbons (Fsp3) is 0.0426. The molecule has 31 heteroatoms. The van der Waals surface area contributed by atoms with E-state index in [9.17, 15) is 46.1 Å². The molecule has 19 rings (SSSR count). The second-order valence-corrected chi connectivity index (χ2v) is 34.2. The Morgan fingerprint density at radius 2 is 0.816 bits per heavy atom. The van der Waals surface area contributed by atoms with Gasteiger partial charge in [0.25, 0.3) is 11.8 Å². The maximum absolute atomic E-state index is 14.8. The van der Waals surface area contributed by atoms with Crippen LogP contribution in [0.1, 0.15) is 108 Å². The Kier molecular flexibility index (Phi) is 29.3. The van der Waals surface area contributed by atoms with Gasteiger partial charge in [-0.3, -0.25) is 29.0 Å². The Morgan fingerprint density at radius 3 is 1.31 bits per heavy atom. The Hall–Kier alpha value is -14.0. The minimum atomic E-state index is -3.22. The highest BCUT2D eigenvalue weighted by atomic mass is 36.0. The summed E-state index contributed by atoms with van der Waals surface area (Å²) in [6.07, 6.45) is 1.12. The lowest BCUT2D eigenvalue weighted by Crippen LogP contribution is -2.32. The first-order valence-electron chi connectivity index (χ1n) is 37.7. The third kappa shape index (κ3) is 22.3. The fourth-order valence-electron chi connectivity index (χ4n) is 13.2. The van der Waals surface area contributed by atoms with E-state index >= 15 is 0 Å². The Labute approximate surface area is 732 Å². The highest BCUT2D eigenvalue weighted by Crippen LogP contribution is 2.61. The Morgan fingerprint density at radius 1 is 0.432 bits per heavy atom. The molecular weight excluding hydrogens is 1710 g/mol. The normalized spacial score (nSPS) is 13.8. The standard InChI is InChI=1S/C21H16FNO3.C20H13FN2O3.C20H14FNO2.C13H10ClNO.C13H9NO2.C7H6BFO3.Cl3OP/c1-25-21(24)13-10-11-14(16(22)12-13)20-15-6-2-4-8-18(15)26-19-9-5-3-7-17(19)23-20;21-15-11-12(20(24)23-25)9-10-13(15)19-14-5-1-3-7-17(14)26-18-8-4-2-6-16(18)22-19;21-16-11-13(12-23)9-10-14(16)20-15-5-1-3-7-18(15)24-19-8-4-2-6-17(19)22-20;14-13-9-5-1-3-7-11(9)16-12-8-4-2-6-10(12)15-13;15-13-9-5-1-3-7-11(9)16-12-8-4-2-6-10(12)14-13;9-7-3-5(4-10)1-2-6(7)8(11)12;1-5(2,3)4/h2-12,20,23H,1H3;1-11,25H,(H,23,24);1-12,20,22H;1-8,13,15H;1-8H,(H,14,15);1-4,11-12H;. The van der Waals surface area contributed by atoms with Crippen LogP contribution in [-0.2, 0) is 9.30 Å². The van der Waals surface area contributed by atoms with Gasteiger partial charge in [-0.25, -0.2) is 32.8 Å². The summed E-state index contributed by atoms with van der Waals surface area (Å²) in [6.45, 7) is 0. The van der Waals surface area contributed by atoms with Crippen LogP contribution in [0.5, 0.6) is 57.5 Å². The number of hydroxylamine groups is 1. The number of nitrogens with zero attached hydrogens (tertiary/aromatic N) is 1. The second kappa shape index (κ2) is 41.2. The van der Waals surface area contributed by atoms with Gasteiger partial charge in [-0.15, -0.1) is 0 Å². The molecule has 3 unspecified atom stereocenters. The van der Waals surface area contributed by atoms with Crippen molar-refractivity contribution in [3.63, 3.8) is 0 Å². The molecule has 3 atom stereocenters. The van der Waals surface area contributed by atoms with E-state index in [0.717, 1.165) is 63.5 Å². The average Bonchev–Trinajstić information content (AvgIpc) is 1.74. The van der Waals surface area contributed by atoms with Gasteiger partial charge in [0.2, 0.25) is 0 Å². The third-order valence-electron chi connectivity index (χ3n) is 19.0. The van der Waals surface area contributed by atoms with Crippen molar-refractivity contribution in [2.45, 2.75) is 17.6 Å². The van der Waals surface area contributed by atoms with Crippen molar-refractivity contribution in [2.75, 3.05) is 28.4 Å². The van der Waals surface area contributed by atoms with Gasteiger partial charge in [-0.05, 0) is 179 Å². The zero-order valence-corrected chi connectivity index (χ0v) is 69.1. The molecule has 14 aromatic carbocycles. The van der Waals surface area contributed by atoms with Gasteiger partial charge in [0.05, 0.1) is 58.8 Å². The highest BCUT2D eigenvalue weighted by Gasteiger charge is 2.31. The molecular formula is C94H68BCl4F4N6O15P. The van der Waals surface area contributed by atoms with E-state index < -0.39 is 59.5 Å². The summed E-state index contributed by atoms with van der Waals surface area (Å²) in [7, 11) is -0.573. The quantitative estimate of drug-likeness (QED) is 0.00807. The first-order valence-corrected chi connectivity index (χ1v) is 42.6. The maximum Gasteiger partial charge on any atom is 0.491 e. The molecule has 0 aromatic heterocycles. The van der Waals surface area contributed by atoms with Gasteiger partial charge in [0.15, 0.2) is 28.7 Å². The number of aldehydes is 2. The van der Waals surface area contributed by atoms with Crippen molar-refractivity contribution in [1.29, 1.82) is 0 Å². The molecule has 5 aliphatic heterocycles. The summed E-state index contributed by atoms with van der Waals surface area (Å²) in [6, 6.07) is 90.1. The second-order valence-electron chi connectivity index (χ2n) is 27.1. The molecule has 0 aliphatic carbocycles. The van der Waals surface area contributed by atoms with Gasteiger partial charge in [-0.2, -0.15) is 0 Å². The molecule has 0 bridgehead atoms. The van der Waals surface area contributed by atoms with Crippen LogP contribution in [0.15, 0.2) is 320 Å². The SMILES string of the molecule is COC(=O)c1ccc(C2Nc3ccccc3Oc3ccccc32)c(F)c1.ClC1Nc2ccccc2Oc2ccccc21.O=C(NO)c1ccc(C2=Nc3ccccc3Oc3ccccc32)c(F)c1.O=C1Nc2ccccc2Oc2ccccc21.O=Cc1ccc(B(O)O)c(F)c1.O=Cc1ccc(C2Nc3ccccc3Oc3ccccc32)c(F)c1.O=P(Cl)(Cl)Cl. The topological polar surface area (TPSA) is 291 Å². The first-order chi connectivity index (χ1) is 60.4. The monoisotopic (exact) mass is 1780 g/mol.